The van der Waals surface area contributed by atoms with Crippen LogP contribution >= 0.6 is 0 Å². The molecule has 0 bridgehead atoms. The van der Waals surface area contributed by atoms with Crippen LogP contribution in [0.4, 0.5) is 5.69 Å². The fourth-order valence-electron chi connectivity index (χ4n) is 2.28. The fourth-order valence-corrected chi connectivity index (χ4v) is 2.28. The SMILES string of the molecule is CC(=O)Oc1cccc(C(=O)Nc2cccc(CNC(=O)C(C)(C)C)c2)c1. The Balaban J connectivity index is 2.04. The fraction of sp³-hybridized carbons (Fsp3) is 0.286. The van der Waals surface area contributed by atoms with Crippen LogP contribution in [-0.4, -0.2) is 17.8 Å². The molecule has 2 rings (SSSR count). The highest BCUT2D eigenvalue weighted by Crippen LogP contribution is 2.17. The molecule has 0 saturated heterocycles. The molecule has 2 aromatic rings. The van der Waals surface area contributed by atoms with Crippen LogP contribution in [0.2, 0.25) is 0 Å². The van der Waals surface area contributed by atoms with Gasteiger partial charge in [-0.25, -0.2) is 0 Å². The molecule has 6 heteroatoms. The molecule has 2 N–H and O–H groups in total. The summed E-state index contributed by atoms with van der Waals surface area (Å²) in [5.41, 5.74) is 1.40. The van der Waals surface area contributed by atoms with Crippen LogP contribution in [0.3, 0.4) is 0 Å². The molecule has 27 heavy (non-hydrogen) atoms. The van der Waals surface area contributed by atoms with E-state index in [0.717, 1.165) is 5.56 Å². The van der Waals surface area contributed by atoms with E-state index < -0.39 is 11.4 Å². The van der Waals surface area contributed by atoms with Crippen molar-refractivity contribution in [2.75, 3.05) is 5.32 Å². The highest BCUT2D eigenvalue weighted by molar-refractivity contribution is 6.04. The second-order valence-electron chi connectivity index (χ2n) is 7.21. The first kappa shape index (κ1) is 20.2. The van der Waals surface area contributed by atoms with E-state index >= 15 is 0 Å². The van der Waals surface area contributed by atoms with Gasteiger partial charge in [-0.1, -0.05) is 39.0 Å². The van der Waals surface area contributed by atoms with E-state index in [0.29, 0.717) is 23.5 Å². The molecular formula is C21H24N2O4. The lowest BCUT2D eigenvalue weighted by molar-refractivity contribution is -0.132. The average molecular weight is 368 g/mol. The number of anilines is 1. The second kappa shape index (κ2) is 8.49. The summed E-state index contributed by atoms with van der Waals surface area (Å²) >= 11 is 0. The Bertz CT molecular complexity index is 853. The maximum absolute atomic E-state index is 12.4. The van der Waals surface area contributed by atoms with Gasteiger partial charge in [0.15, 0.2) is 0 Å². The predicted octanol–water partition coefficient (Wildman–Crippen LogP) is 3.53. The Morgan fingerprint density at radius 2 is 1.70 bits per heavy atom. The molecule has 6 nitrogen and oxygen atoms in total. The molecule has 0 aromatic heterocycles. The Labute approximate surface area is 158 Å². The maximum Gasteiger partial charge on any atom is 0.308 e. The molecule has 0 fully saturated rings. The number of carbonyl (C=O) groups is 3. The van der Waals surface area contributed by atoms with Gasteiger partial charge in [-0.3, -0.25) is 14.4 Å². The largest absolute Gasteiger partial charge is 0.427 e. The van der Waals surface area contributed by atoms with Crippen molar-refractivity contribution < 1.29 is 19.1 Å². The van der Waals surface area contributed by atoms with Crippen molar-refractivity contribution in [1.29, 1.82) is 0 Å². The third-order valence-corrected chi connectivity index (χ3v) is 3.68. The summed E-state index contributed by atoms with van der Waals surface area (Å²) in [6.45, 7) is 7.23. The third-order valence-electron chi connectivity index (χ3n) is 3.68. The molecule has 142 valence electrons. The van der Waals surface area contributed by atoms with Crippen LogP contribution in [0.1, 0.15) is 43.6 Å². The summed E-state index contributed by atoms with van der Waals surface area (Å²) in [4.78, 5) is 35.5. The summed E-state index contributed by atoms with van der Waals surface area (Å²) in [7, 11) is 0. The van der Waals surface area contributed by atoms with Gasteiger partial charge >= 0.3 is 5.97 Å². The highest BCUT2D eigenvalue weighted by atomic mass is 16.5. The average Bonchev–Trinajstić information content (AvgIpc) is 2.58. The Morgan fingerprint density at radius 3 is 2.37 bits per heavy atom. The summed E-state index contributed by atoms with van der Waals surface area (Å²) in [5.74, 6) is -0.495. The third kappa shape index (κ3) is 6.26. The van der Waals surface area contributed by atoms with E-state index in [1.807, 2.05) is 32.9 Å². The molecule has 0 aliphatic heterocycles. The van der Waals surface area contributed by atoms with E-state index in [4.69, 9.17) is 4.74 Å². The van der Waals surface area contributed by atoms with Gasteiger partial charge in [0.25, 0.3) is 5.91 Å². The lowest BCUT2D eigenvalue weighted by atomic mass is 9.95. The van der Waals surface area contributed by atoms with E-state index in [1.54, 1.807) is 30.3 Å². The van der Waals surface area contributed by atoms with Gasteiger partial charge in [-0.15, -0.1) is 0 Å². The first-order valence-corrected chi connectivity index (χ1v) is 8.62. The minimum absolute atomic E-state index is 0.0424. The normalized spacial score (nSPS) is 10.8. The standard InChI is InChI=1S/C21H24N2O4/c1-14(24)27-18-10-6-8-16(12-18)19(25)23-17-9-5-7-15(11-17)13-22-20(26)21(2,3)4/h5-12H,13H2,1-4H3,(H,22,26)(H,23,25). The van der Waals surface area contributed by atoms with E-state index in [2.05, 4.69) is 10.6 Å². The van der Waals surface area contributed by atoms with Crippen LogP contribution in [0.25, 0.3) is 0 Å². The zero-order valence-electron chi connectivity index (χ0n) is 16.0. The predicted molar refractivity (Wildman–Crippen MR) is 103 cm³/mol. The minimum atomic E-state index is -0.460. The summed E-state index contributed by atoms with van der Waals surface area (Å²) in [6.07, 6.45) is 0. The number of amides is 2. The van der Waals surface area contributed by atoms with Gasteiger partial charge in [0.2, 0.25) is 5.91 Å². The molecule has 0 saturated carbocycles. The molecule has 0 aliphatic rings. The smallest absolute Gasteiger partial charge is 0.308 e. The van der Waals surface area contributed by atoms with Gasteiger partial charge < -0.3 is 15.4 Å². The molecular weight excluding hydrogens is 344 g/mol. The van der Waals surface area contributed by atoms with Crippen molar-refractivity contribution in [1.82, 2.24) is 5.32 Å². The molecule has 0 aliphatic carbocycles. The number of benzene rings is 2. The van der Waals surface area contributed by atoms with Crippen LogP contribution in [0.5, 0.6) is 5.75 Å². The Kier molecular flexibility index (Phi) is 6.34. The number of hydrogen-bond acceptors (Lipinski definition) is 4. The number of carbonyl (C=O) groups excluding carboxylic acids is 3. The minimum Gasteiger partial charge on any atom is -0.427 e. The maximum atomic E-state index is 12.4. The molecule has 2 aromatic carbocycles. The van der Waals surface area contributed by atoms with E-state index in [-0.39, 0.29) is 11.8 Å². The van der Waals surface area contributed by atoms with Crippen molar-refractivity contribution in [2.45, 2.75) is 34.2 Å². The lowest BCUT2D eigenvalue weighted by Gasteiger charge is -2.17. The monoisotopic (exact) mass is 368 g/mol. The lowest BCUT2D eigenvalue weighted by Crippen LogP contribution is -2.34. The Morgan fingerprint density at radius 1 is 1.00 bits per heavy atom. The number of esters is 1. The van der Waals surface area contributed by atoms with Crippen LogP contribution in [0, 0.1) is 5.41 Å². The van der Waals surface area contributed by atoms with Gasteiger partial charge in [0.1, 0.15) is 5.75 Å². The first-order chi connectivity index (χ1) is 12.6. The van der Waals surface area contributed by atoms with E-state index in [9.17, 15) is 14.4 Å². The zero-order chi connectivity index (χ0) is 20.0. The number of hydrogen-bond donors (Lipinski definition) is 2. The van der Waals surface area contributed by atoms with Crippen LogP contribution in [0.15, 0.2) is 48.5 Å². The van der Waals surface area contributed by atoms with Gasteiger partial charge in [0, 0.05) is 30.1 Å². The zero-order valence-corrected chi connectivity index (χ0v) is 16.0. The first-order valence-electron chi connectivity index (χ1n) is 8.62. The molecule has 0 radical (unpaired) electrons. The van der Waals surface area contributed by atoms with Crippen molar-refractivity contribution in [3.63, 3.8) is 0 Å². The molecule has 2 amide bonds. The molecule has 0 spiro atoms. The topological polar surface area (TPSA) is 84.5 Å². The van der Waals surface area contributed by atoms with Gasteiger partial charge in [-0.2, -0.15) is 0 Å². The summed E-state index contributed by atoms with van der Waals surface area (Å²) in [5, 5.41) is 5.68. The van der Waals surface area contributed by atoms with Gasteiger partial charge in [0.05, 0.1) is 0 Å². The second-order valence-corrected chi connectivity index (χ2v) is 7.21. The van der Waals surface area contributed by atoms with Crippen molar-refractivity contribution in [2.24, 2.45) is 5.41 Å². The van der Waals surface area contributed by atoms with Crippen LogP contribution in [-0.2, 0) is 16.1 Å². The van der Waals surface area contributed by atoms with Crippen molar-refractivity contribution in [3.05, 3.63) is 59.7 Å². The van der Waals surface area contributed by atoms with E-state index in [1.165, 1.54) is 13.0 Å². The number of ether oxygens (including phenoxy) is 1. The highest BCUT2D eigenvalue weighted by Gasteiger charge is 2.20. The molecule has 0 unspecified atom stereocenters. The quantitative estimate of drug-likeness (QED) is 0.625. The Hall–Kier alpha value is -3.15. The van der Waals surface area contributed by atoms with Crippen LogP contribution < -0.4 is 15.4 Å². The number of rotatable bonds is 5. The molecule has 0 heterocycles. The van der Waals surface area contributed by atoms with Crippen molar-refractivity contribution >= 4 is 23.5 Å². The number of nitrogens with one attached hydrogen (secondary N) is 2. The van der Waals surface area contributed by atoms with Gasteiger partial charge in [-0.05, 0) is 35.9 Å². The summed E-state index contributed by atoms with van der Waals surface area (Å²) in [6, 6.07) is 13.6. The van der Waals surface area contributed by atoms with Crippen molar-refractivity contribution in [3.8, 4) is 5.75 Å². The summed E-state index contributed by atoms with van der Waals surface area (Å²) < 4.78 is 5.00. The molecule has 0 atom stereocenters.